The highest BCUT2D eigenvalue weighted by molar-refractivity contribution is 7.47. The number of esters is 4. The highest BCUT2D eigenvalue weighted by Crippen LogP contribution is 2.45. The van der Waals surface area contributed by atoms with Crippen LogP contribution in [0.2, 0.25) is 0 Å². The summed E-state index contributed by atoms with van der Waals surface area (Å²) in [6.45, 7) is 7.35. The van der Waals surface area contributed by atoms with E-state index in [-0.39, 0.29) is 25.7 Å². The number of unbranched alkanes of at least 4 members (excludes halogenated alkanes) is 58. The fourth-order valence-corrected chi connectivity index (χ4v) is 15.1. The van der Waals surface area contributed by atoms with Crippen LogP contribution in [0.15, 0.2) is 0 Å². The first-order chi connectivity index (χ1) is 51.0. The minimum Gasteiger partial charge on any atom is -0.462 e. The van der Waals surface area contributed by atoms with Crippen molar-refractivity contribution in [3.05, 3.63) is 0 Å². The zero-order valence-electron chi connectivity index (χ0n) is 68.9. The molecule has 0 aliphatic rings. The third-order valence-electron chi connectivity index (χ3n) is 20.3. The number of hydrogen-bond acceptors (Lipinski definition) is 15. The molecule has 3 N–H and O–H groups in total. The van der Waals surface area contributed by atoms with Gasteiger partial charge in [0.2, 0.25) is 0 Å². The molecule has 0 aromatic rings. The van der Waals surface area contributed by atoms with Gasteiger partial charge in [0, 0.05) is 25.7 Å². The molecule has 0 saturated carbocycles. The quantitative estimate of drug-likeness (QED) is 0.0222. The number of ether oxygens (including phenoxy) is 4. The largest absolute Gasteiger partial charge is 0.472 e. The normalized spacial score (nSPS) is 13.8. The Hall–Kier alpha value is -1.94. The fourth-order valence-electron chi connectivity index (χ4n) is 13.5. The molecule has 0 aromatic carbocycles. The summed E-state index contributed by atoms with van der Waals surface area (Å²) in [6, 6.07) is 0. The van der Waals surface area contributed by atoms with Gasteiger partial charge in [0.15, 0.2) is 12.2 Å². The summed E-state index contributed by atoms with van der Waals surface area (Å²) in [5, 5.41) is 10.7. The molecule has 0 heterocycles. The molecular formula is C86H168O17P2. The Morgan fingerprint density at radius 2 is 0.438 bits per heavy atom. The van der Waals surface area contributed by atoms with Crippen molar-refractivity contribution in [3.8, 4) is 0 Å². The van der Waals surface area contributed by atoms with E-state index in [9.17, 15) is 43.2 Å². The lowest BCUT2D eigenvalue weighted by molar-refractivity contribution is -0.161. The lowest BCUT2D eigenvalue weighted by Gasteiger charge is -2.21. The standard InChI is InChI=1S/C86H168O17P2/c1-6-9-12-15-18-20-22-24-26-28-30-32-34-40-44-48-52-57-62-67-72-86(91)103-82(76-97-84(89)70-65-60-55-50-46-42-38-36-35-37-41-45-49-54-58-63-68-79(4)5)78-101-105(94,95)99-74-80(87)73-98-104(92,93)100-77-81(75-96-83(88)69-64-59-53-17-14-11-8-3)102-85(90)71-66-61-56-51-47-43-39-33-31-29-27-25-23-21-19-16-13-10-7-2/h79-82,87H,6-78H2,1-5H3,(H,92,93)(H,94,95)/t80-,81+,82+/m0/s1. The van der Waals surface area contributed by atoms with Gasteiger partial charge in [0.1, 0.15) is 19.3 Å². The van der Waals surface area contributed by atoms with E-state index in [1.807, 2.05) is 0 Å². The van der Waals surface area contributed by atoms with Crippen LogP contribution in [0.1, 0.15) is 465 Å². The average molecular weight is 1540 g/mol. The van der Waals surface area contributed by atoms with Gasteiger partial charge >= 0.3 is 39.5 Å². The average Bonchev–Trinajstić information content (AvgIpc) is 0.952. The highest BCUT2D eigenvalue weighted by Gasteiger charge is 2.30. The molecule has 0 bridgehead atoms. The van der Waals surface area contributed by atoms with Gasteiger partial charge in [-0.15, -0.1) is 0 Å². The Kier molecular flexibility index (Phi) is 77.3. The Labute approximate surface area is 645 Å². The van der Waals surface area contributed by atoms with Crippen LogP contribution >= 0.6 is 15.6 Å². The molecule has 105 heavy (non-hydrogen) atoms. The molecule has 0 fully saturated rings. The second-order valence-corrected chi connectivity index (χ2v) is 34.3. The van der Waals surface area contributed by atoms with E-state index >= 15 is 0 Å². The SMILES string of the molecule is CCCCCCCCCCCCCCCCCCCCCCC(=O)O[C@H](COC(=O)CCCCCCCCCCCCCCCCCCC(C)C)COP(=O)(O)OC[C@@H](O)COP(=O)(O)OC[C@@H](COC(=O)CCCCCCCCC)OC(=O)CCCCCCCCCCCCCCCCCCCCC. The molecule has 17 nitrogen and oxygen atoms in total. The van der Waals surface area contributed by atoms with E-state index in [2.05, 4.69) is 34.6 Å². The van der Waals surface area contributed by atoms with Gasteiger partial charge in [0.05, 0.1) is 26.4 Å². The molecule has 5 atom stereocenters. The van der Waals surface area contributed by atoms with E-state index in [0.29, 0.717) is 25.7 Å². The molecular weight excluding hydrogens is 1370 g/mol. The Balaban J connectivity index is 5.15. The molecule has 0 aromatic heterocycles. The number of hydrogen-bond donors (Lipinski definition) is 3. The highest BCUT2D eigenvalue weighted by atomic mass is 31.2. The first-order valence-electron chi connectivity index (χ1n) is 44.6. The number of rotatable bonds is 86. The predicted molar refractivity (Wildman–Crippen MR) is 432 cm³/mol. The Morgan fingerprint density at radius 1 is 0.257 bits per heavy atom. The van der Waals surface area contributed by atoms with Gasteiger partial charge in [0.25, 0.3) is 0 Å². The van der Waals surface area contributed by atoms with Crippen LogP contribution in [-0.2, 0) is 65.4 Å². The summed E-state index contributed by atoms with van der Waals surface area (Å²) in [5.74, 6) is -1.29. The zero-order valence-corrected chi connectivity index (χ0v) is 70.7. The Bertz CT molecular complexity index is 2000. The summed E-state index contributed by atoms with van der Waals surface area (Å²) in [6.07, 6.45) is 72.5. The van der Waals surface area contributed by atoms with Crippen molar-refractivity contribution in [1.29, 1.82) is 0 Å². The second-order valence-electron chi connectivity index (χ2n) is 31.4. The predicted octanol–water partition coefficient (Wildman–Crippen LogP) is 26.4. The fraction of sp³-hybridized carbons (Fsp3) is 0.953. The van der Waals surface area contributed by atoms with Crippen LogP contribution in [0, 0.1) is 5.92 Å². The topological polar surface area (TPSA) is 237 Å². The molecule has 0 rings (SSSR count). The van der Waals surface area contributed by atoms with Crippen LogP contribution in [0.5, 0.6) is 0 Å². The van der Waals surface area contributed by atoms with Crippen LogP contribution in [0.25, 0.3) is 0 Å². The van der Waals surface area contributed by atoms with Gasteiger partial charge in [-0.1, -0.05) is 413 Å². The van der Waals surface area contributed by atoms with Crippen molar-refractivity contribution < 1.29 is 80.2 Å². The van der Waals surface area contributed by atoms with Gasteiger partial charge < -0.3 is 33.8 Å². The van der Waals surface area contributed by atoms with Crippen LogP contribution in [0.4, 0.5) is 0 Å². The van der Waals surface area contributed by atoms with Crippen molar-refractivity contribution in [1.82, 2.24) is 0 Å². The summed E-state index contributed by atoms with van der Waals surface area (Å²) in [7, 11) is -9.92. The number of aliphatic hydroxyl groups is 1. The lowest BCUT2D eigenvalue weighted by Crippen LogP contribution is -2.30. The zero-order chi connectivity index (χ0) is 76.9. The van der Waals surface area contributed by atoms with Crippen LogP contribution < -0.4 is 0 Å². The number of phosphoric ester groups is 2. The number of aliphatic hydroxyl groups excluding tert-OH is 1. The molecule has 19 heteroatoms. The van der Waals surface area contributed by atoms with Gasteiger partial charge in [-0.2, -0.15) is 0 Å². The smallest absolute Gasteiger partial charge is 0.462 e. The van der Waals surface area contributed by atoms with Crippen molar-refractivity contribution >= 4 is 39.5 Å². The maximum Gasteiger partial charge on any atom is 0.472 e. The van der Waals surface area contributed by atoms with Gasteiger partial charge in [-0.25, -0.2) is 9.13 Å². The minimum absolute atomic E-state index is 0.109. The third-order valence-corrected chi connectivity index (χ3v) is 22.2. The van der Waals surface area contributed by atoms with Crippen molar-refractivity contribution in [3.63, 3.8) is 0 Å². The van der Waals surface area contributed by atoms with Crippen molar-refractivity contribution in [2.24, 2.45) is 5.92 Å². The number of phosphoric acid groups is 2. The molecule has 0 saturated heterocycles. The minimum atomic E-state index is -4.96. The summed E-state index contributed by atoms with van der Waals surface area (Å²) >= 11 is 0. The maximum atomic E-state index is 13.1. The van der Waals surface area contributed by atoms with E-state index < -0.39 is 97.5 Å². The van der Waals surface area contributed by atoms with Gasteiger partial charge in [-0.05, 0) is 31.6 Å². The number of carbonyl (C=O) groups excluding carboxylic acids is 4. The number of carbonyl (C=O) groups is 4. The summed E-state index contributed by atoms with van der Waals surface area (Å²) < 4.78 is 68.8. The Morgan fingerprint density at radius 3 is 0.648 bits per heavy atom. The van der Waals surface area contributed by atoms with Crippen molar-refractivity contribution in [2.45, 2.75) is 483 Å². The summed E-state index contributed by atoms with van der Waals surface area (Å²) in [5.41, 5.74) is 0. The first-order valence-corrected chi connectivity index (χ1v) is 47.6. The maximum absolute atomic E-state index is 13.1. The summed E-state index contributed by atoms with van der Waals surface area (Å²) in [4.78, 5) is 73.1. The molecule has 0 spiro atoms. The molecule has 0 aliphatic carbocycles. The first kappa shape index (κ1) is 103. The molecule has 2 unspecified atom stereocenters. The lowest BCUT2D eigenvalue weighted by atomic mass is 10.0. The van der Waals surface area contributed by atoms with E-state index in [0.717, 1.165) is 109 Å². The van der Waals surface area contributed by atoms with Crippen LogP contribution in [-0.4, -0.2) is 96.7 Å². The molecule has 0 amide bonds. The second kappa shape index (κ2) is 78.7. The van der Waals surface area contributed by atoms with E-state index in [1.165, 1.54) is 276 Å². The molecule has 0 radical (unpaired) electrons. The van der Waals surface area contributed by atoms with E-state index in [1.54, 1.807) is 0 Å². The van der Waals surface area contributed by atoms with Gasteiger partial charge in [-0.3, -0.25) is 37.3 Å². The third kappa shape index (κ3) is 79.9. The van der Waals surface area contributed by atoms with E-state index in [4.69, 9.17) is 37.0 Å². The van der Waals surface area contributed by atoms with Crippen LogP contribution in [0.3, 0.4) is 0 Å². The van der Waals surface area contributed by atoms with Crippen molar-refractivity contribution in [2.75, 3.05) is 39.6 Å². The monoisotopic (exact) mass is 1540 g/mol. The molecule has 0 aliphatic heterocycles. The molecule has 624 valence electrons.